The lowest BCUT2D eigenvalue weighted by atomic mass is 10.2. The molecule has 2 aromatic rings. The molecule has 0 aromatic carbocycles. The number of likely N-dealkylation sites (tertiary alicyclic amines) is 1. The maximum Gasteiger partial charge on any atom is 0.237 e. The van der Waals surface area contributed by atoms with Gasteiger partial charge in [0.2, 0.25) is 5.91 Å². The second-order valence-electron chi connectivity index (χ2n) is 5.90. The summed E-state index contributed by atoms with van der Waals surface area (Å²) in [5.41, 5.74) is 1.76. The summed E-state index contributed by atoms with van der Waals surface area (Å²) in [7, 11) is 0. The van der Waals surface area contributed by atoms with Gasteiger partial charge in [-0.15, -0.1) is 0 Å². The first kappa shape index (κ1) is 15.0. The molecule has 1 aliphatic rings. The minimum atomic E-state index is -0.0704. The predicted molar refractivity (Wildman–Crippen MR) is 84.3 cm³/mol. The molecular formula is C16H23N5O. The summed E-state index contributed by atoms with van der Waals surface area (Å²) >= 11 is 0. The summed E-state index contributed by atoms with van der Waals surface area (Å²) in [6.07, 6.45) is 12.0. The van der Waals surface area contributed by atoms with Gasteiger partial charge >= 0.3 is 0 Å². The van der Waals surface area contributed by atoms with Gasteiger partial charge in [-0.05, 0) is 32.9 Å². The number of aromatic nitrogens is 3. The number of nitrogens with zero attached hydrogens (tertiary/aromatic N) is 4. The van der Waals surface area contributed by atoms with Gasteiger partial charge < -0.3 is 5.32 Å². The Morgan fingerprint density at radius 1 is 1.27 bits per heavy atom. The van der Waals surface area contributed by atoms with Crippen molar-refractivity contribution >= 4 is 11.6 Å². The average Bonchev–Trinajstić information content (AvgIpc) is 2.77. The second kappa shape index (κ2) is 6.87. The summed E-state index contributed by atoms with van der Waals surface area (Å²) < 4.78 is 1.95. The summed E-state index contributed by atoms with van der Waals surface area (Å²) in [5, 5.41) is 3.03. The number of nitrogens with one attached hydrogen (secondary N) is 1. The van der Waals surface area contributed by atoms with Gasteiger partial charge in [0.25, 0.3) is 0 Å². The number of carbonyl (C=O) groups is 1. The minimum absolute atomic E-state index is 0.0704. The van der Waals surface area contributed by atoms with Crippen LogP contribution in [0.5, 0.6) is 0 Å². The van der Waals surface area contributed by atoms with Gasteiger partial charge in [0.1, 0.15) is 0 Å². The van der Waals surface area contributed by atoms with Crippen LogP contribution in [0.1, 0.15) is 38.3 Å². The molecule has 6 nitrogen and oxygen atoms in total. The lowest BCUT2D eigenvalue weighted by Crippen LogP contribution is -2.45. The predicted octanol–water partition coefficient (Wildman–Crippen LogP) is 1.61. The Hall–Kier alpha value is -1.95. The zero-order valence-electron chi connectivity index (χ0n) is 13.0. The summed E-state index contributed by atoms with van der Waals surface area (Å²) in [6.45, 7) is 4.53. The zero-order valence-corrected chi connectivity index (χ0v) is 13.0. The van der Waals surface area contributed by atoms with E-state index in [1.54, 1.807) is 18.6 Å². The Morgan fingerprint density at radius 3 is 2.82 bits per heavy atom. The van der Waals surface area contributed by atoms with E-state index in [1.165, 1.54) is 25.7 Å². The van der Waals surface area contributed by atoms with Gasteiger partial charge in [0.05, 0.1) is 30.7 Å². The fourth-order valence-electron chi connectivity index (χ4n) is 3.00. The summed E-state index contributed by atoms with van der Waals surface area (Å²) in [4.78, 5) is 23.0. The van der Waals surface area contributed by atoms with Gasteiger partial charge in [-0.2, -0.15) is 0 Å². The van der Waals surface area contributed by atoms with E-state index in [1.807, 2.05) is 17.5 Å². The molecule has 118 valence electrons. The molecule has 1 amide bonds. The van der Waals surface area contributed by atoms with Gasteiger partial charge in [-0.3, -0.25) is 19.1 Å². The molecule has 2 aromatic heterocycles. The fraction of sp³-hybridized carbons (Fsp3) is 0.562. The van der Waals surface area contributed by atoms with E-state index in [2.05, 4.69) is 20.2 Å². The molecule has 1 atom stereocenters. The highest BCUT2D eigenvalue weighted by Crippen LogP contribution is 2.12. The third kappa shape index (κ3) is 3.27. The van der Waals surface area contributed by atoms with Gasteiger partial charge in [0, 0.05) is 12.4 Å². The van der Waals surface area contributed by atoms with Crippen LogP contribution in [-0.2, 0) is 11.3 Å². The highest BCUT2D eigenvalue weighted by molar-refractivity contribution is 5.81. The Morgan fingerprint density at radius 2 is 2.05 bits per heavy atom. The van der Waals surface area contributed by atoms with Crippen molar-refractivity contribution < 1.29 is 4.79 Å². The van der Waals surface area contributed by atoms with Gasteiger partial charge in [0.15, 0.2) is 5.65 Å². The van der Waals surface area contributed by atoms with E-state index in [0.29, 0.717) is 6.54 Å². The Balaban J connectivity index is 1.59. The fourth-order valence-corrected chi connectivity index (χ4v) is 3.00. The third-order valence-electron chi connectivity index (χ3n) is 4.41. The Bertz CT molecular complexity index is 630. The Labute approximate surface area is 130 Å². The smallest absolute Gasteiger partial charge is 0.237 e. The zero-order chi connectivity index (χ0) is 15.4. The number of amides is 1. The largest absolute Gasteiger partial charge is 0.349 e. The molecule has 6 heteroatoms. The van der Waals surface area contributed by atoms with Crippen LogP contribution in [-0.4, -0.2) is 44.3 Å². The van der Waals surface area contributed by atoms with Crippen molar-refractivity contribution in [3.63, 3.8) is 0 Å². The highest BCUT2D eigenvalue weighted by atomic mass is 16.2. The van der Waals surface area contributed by atoms with E-state index in [4.69, 9.17) is 0 Å². The van der Waals surface area contributed by atoms with Gasteiger partial charge in [-0.1, -0.05) is 12.8 Å². The molecular weight excluding hydrogens is 278 g/mol. The normalized spacial score (nSPS) is 18.0. The van der Waals surface area contributed by atoms with Crippen LogP contribution >= 0.6 is 0 Å². The third-order valence-corrected chi connectivity index (χ3v) is 4.41. The van der Waals surface area contributed by atoms with Crippen molar-refractivity contribution in [3.05, 3.63) is 30.5 Å². The average molecular weight is 301 g/mol. The lowest BCUT2D eigenvalue weighted by Gasteiger charge is -2.26. The van der Waals surface area contributed by atoms with Crippen molar-refractivity contribution in [2.45, 2.75) is 45.2 Å². The Kier molecular flexibility index (Phi) is 4.68. The van der Waals surface area contributed by atoms with Crippen LogP contribution in [0, 0.1) is 0 Å². The van der Waals surface area contributed by atoms with Crippen LogP contribution in [0.2, 0.25) is 0 Å². The molecule has 1 saturated heterocycles. The SMILES string of the molecule is C[C@H](C(=O)NCc1cnc2cnccn12)N1CCCCCC1. The highest BCUT2D eigenvalue weighted by Gasteiger charge is 2.21. The molecule has 1 N–H and O–H groups in total. The van der Waals surface area contributed by atoms with E-state index in [0.717, 1.165) is 24.4 Å². The molecule has 0 spiro atoms. The number of hydrogen-bond donors (Lipinski definition) is 1. The van der Waals surface area contributed by atoms with Crippen LogP contribution in [0.4, 0.5) is 0 Å². The van der Waals surface area contributed by atoms with Crippen molar-refractivity contribution in [2.75, 3.05) is 13.1 Å². The second-order valence-corrected chi connectivity index (χ2v) is 5.90. The van der Waals surface area contributed by atoms with Crippen molar-refractivity contribution in [3.8, 4) is 0 Å². The van der Waals surface area contributed by atoms with E-state index < -0.39 is 0 Å². The maximum absolute atomic E-state index is 12.4. The molecule has 0 saturated carbocycles. The molecule has 3 heterocycles. The van der Waals surface area contributed by atoms with Crippen molar-refractivity contribution in [2.24, 2.45) is 0 Å². The number of imidazole rings is 1. The molecule has 22 heavy (non-hydrogen) atoms. The molecule has 0 unspecified atom stereocenters. The van der Waals surface area contributed by atoms with Crippen LogP contribution in [0.15, 0.2) is 24.8 Å². The monoisotopic (exact) mass is 301 g/mol. The lowest BCUT2D eigenvalue weighted by molar-refractivity contribution is -0.126. The number of fused-ring (bicyclic) bond motifs is 1. The molecule has 1 fully saturated rings. The first-order valence-electron chi connectivity index (χ1n) is 8.03. The number of hydrogen-bond acceptors (Lipinski definition) is 4. The van der Waals surface area contributed by atoms with Crippen molar-refractivity contribution in [1.82, 2.24) is 24.6 Å². The standard InChI is InChI=1S/C16H23N5O/c1-13(20-7-4-2-3-5-8-20)16(22)19-11-14-10-18-15-12-17-6-9-21(14)15/h6,9-10,12-13H,2-5,7-8,11H2,1H3,(H,19,22)/t13-/m1/s1. The van der Waals surface area contributed by atoms with Crippen LogP contribution in [0.25, 0.3) is 5.65 Å². The summed E-state index contributed by atoms with van der Waals surface area (Å²) in [5.74, 6) is 0.0888. The molecule has 0 radical (unpaired) electrons. The van der Waals surface area contributed by atoms with E-state index in [-0.39, 0.29) is 11.9 Å². The molecule has 3 rings (SSSR count). The van der Waals surface area contributed by atoms with Gasteiger partial charge in [-0.25, -0.2) is 4.98 Å². The molecule has 0 bridgehead atoms. The number of carbonyl (C=O) groups excluding carboxylic acids is 1. The first-order valence-corrected chi connectivity index (χ1v) is 8.03. The summed E-state index contributed by atoms with van der Waals surface area (Å²) in [6, 6.07) is -0.0704. The molecule has 1 aliphatic heterocycles. The quantitative estimate of drug-likeness (QED) is 0.932. The van der Waals surface area contributed by atoms with Crippen LogP contribution < -0.4 is 5.32 Å². The molecule has 0 aliphatic carbocycles. The number of rotatable bonds is 4. The maximum atomic E-state index is 12.4. The van der Waals surface area contributed by atoms with Crippen molar-refractivity contribution in [1.29, 1.82) is 0 Å². The van der Waals surface area contributed by atoms with E-state index >= 15 is 0 Å². The topological polar surface area (TPSA) is 62.5 Å². The minimum Gasteiger partial charge on any atom is -0.349 e. The van der Waals surface area contributed by atoms with E-state index in [9.17, 15) is 4.79 Å². The first-order chi connectivity index (χ1) is 10.8. The van der Waals surface area contributed by atoms with Crippen LogP contribution in [0.3, 0.4) is 0 Å².